The maximum atomic E-state index is 11.6. The van der Waals surface area contributed by atoms with Gasteiger partial charge in [0.05, 0.1) is 12.6 Å². The minimum atomic E-state index is -0.138. The molecule has 5 heteroatoms. The van der Waals surface area contributed by atoms with Crippen molar-refractivity contribution in [1.82, 2.24) is 10.3 Å². The Bertz CT molecular complexity index is 188. The maximum absolute atomic E-state index is 11.6. The number of nitrogens with one attached hydrogen (secondary N) is 1. The molecule has 0 aliphatic rings. The Morgan fingerprint density at radius 3 is 2.56 bits per heavy atom. The van der Waals surface area contributed by atoms with Gasteiger partial charge < -0.3 is 4.74 Å². The Labute approximate surface area is 98.3 Å². The van der Waals surface area contributed by atoms with Crippen LogP contribution in [0.3, 0.4) is 0 Å². The molecular formula is C11H25N3O2. The summed E-state index contributed by atoms with van der Waals surface area (Å²) in [5.41, 5.74) is 2.23. The number of nitrogens with two attached hydrogens (primary N) is 1. The van der Waals surface area contributed by atoms with E-state index < -0.39 is 0 Å². The average molecular weight is 231 g/mol. The van der Waals surface area contributed by atoms with E-state index >= 15 is 0 Å². The van der Waals surface area contributed by atoms with Crippen molar-refractivity contribution in [2.45, 2.75) is 39.7 Å². The van der Waals surface area contributed by atoms with Gasteiger partial charge in [0.25, 0.3) is 5.91 Å². The van der Waals surface area contributed by atoms with Crippen LogP contribution in [0.25, 0.3) is 0 Å². The normalized spacial score (nSPS) is 12.8. The number of ether oxygens (including phenoxy) is 1. The Hall–Kier alpha value is -0.650. The third-order valence-electron chi connectivity index (χ3n) is 2.58. The number of hydrogen-bond donors (Lipinski definition) is 2. The van der Waals surface area contributed by atoms with E-state index in [9.17, 15) is 4.79 Å². The van der Waals surface area contributed by atoms with Crippen molar-refractivity contribution in [2.24, 2.45) is 5.84 Å². The lowest BCUT2D eigenvalue weighted by Crippen LogP contribution is -2.49. The first-order valence-electron chi connectivity index (χ1n) is 6.03. The average Bonchev–Trinajstić information content (AvgIpc) is 2.31. The van der Waals surface area contributed by atoms with Crippen molar-refractivity contribution in [3.8, 4) is 0 Å². The number of carbonyl (C=O) groups is 1. The molecule has 1 amide bonds. The largest absolute Gasteiger partial charge is 0.380 e. The minimum absolute atomic E-state index is 0.111. The molecule has 0 fully saturated rings. The molecule has 0 aromatic heterocycles. The van der Waals surface area contributed by atoms with Gasteiger partial charge in [-0.05, 0) is 19.9 Å². The number of hydrazine groups is 1. The second-order valence-corrected chi connectivity index (χ2v) is 3.64. The molecule has 0 rings (SSSR count). The van der Waals surface area contributed by atoms with Gasteiger partial charge in [0.2, 0.25) is 0 Å². The zero-order valence-corrected chi connectivity index (χ0v) is 10.7. The van der Waals surface area contributed by atoms with Crippen LogP contribution in [0.1, 0.15) is 33.6 Å². The van der Waals surface area contributed by atoms with Crippen molar-refractivity contribution in [3.05, 3.63) is 0 Å². The topological polar surface area (TPSA) is 67.6 Å². The number of amides is 1. The highest BCUT2D eigenvalue weighted by molar-refractivity contribution is 5.81. The van der Waals surface area contributed by atoms with Gasteiger partial charge in [0.1, 0.15) is 0 Å². The summed E-state index contributed by atoms with van der Waals surface area (Å²) in [6.07, 6.45) is 1.78. The molecule has 0 aromatic rings. The molecule has 96 valence electrons. The molecule has 0 radical (unpaired) electrons. The molecule has 0 aliphatic carbocycles. The smallest absolute Gasteiger partial charge is 0.251 e. The summed E-state index contributed by atoms with van der Waals surface area (Å²) in [5, 5.41) is 0. The van der Waals surface area contributed by atoms with Crippen molar-refractivity contribution in [3.63, 3.8) is 0 Å². The first-order valence-corrected chi connectivity index (χ1v) is 6.03. The zero-order valence-electron chi connectivity index (χ0n) is 10.7. The molecule has 0 heterocycles. The standard InChI is InChI=1S/C11H25N3O2/c1-4-7-10(11(15)13-12)14(5-2)8-9-16-6-3/h10H,4-9,12H2,1-3H3,(H,13,15). The van der Waals surface area contributed by atoms with Crippen molar-refractivity contribution >= 4 is 5.91 Å². The molecule has 0 bridgehead atoms. The second-order valence-electron chi connectivity index (χ2n) is 3.64. The SMILES string of the molecule is CCCC(C(=O)NN)N(CC)CCOCC. The molecular weight excluding hydrogens is 206 g/mol. The Kier molecular flexibility index (Phi) is 9.18. The second kappa shape index (κ2) is 9.57. The van der Waals surface area contributed by atoms with Gasteiger partial charge in [0.15, 0.2) is 0 Å². The number of nitrogens with zero attached hydrogens (tertiary/aromatic N) is 1. The number of likely N-dealkylation sites (N-methyl/N-ethyl adjacent to an activating group) is 1. The highest BCUT2D eigenvalue weighted by Gasteiger charge is 2.22. The van der Waals surface area contributed by atoms with Crippen LogP contribution in [0.5, 0.6) is 0 Å². The van der Waals surface area contributed by atoms with Gasteiger partial charge in [-0.15, -0.1) is 0 Å². The van der Waals surface area contributed by atoms with Gasteiger partial charge >= 0.3 is 0 Å². The van der Waals surface area contributed by atoms with Crippen LogP contribution in [-0.2, 0) is 9.53 Å². The Balaban J connectivity index is 4.27. The summed E-state index contributed by atoms with van der Waals surface area (Å²) >= 11 is 0. The van der Waals surface area contributed by atoms with Gasteiger partial charge in [-0.2, -0.15) is 0 Å². The predicted molar refractivity (Wildman–Crippen MR) is 64.8 cm³/mol. The lowest BCUT2D eigenvalue weighted by atomic mass is 10.1. The lowest BCUT2D eigenvalue weighted by Gasteiger charge is -2.28. The van der Waals surface area contributed by atoms with E-state index in [1.54, 1.807) is 0 Å². The van der Waals surface area contributed by atoms with E-state index in [4.69, 9.17) is 10.6 Å². The van der Waals surface area contributed by atoms with E-state index in [-0.39, 0.29) is 11.9 Å². The van der Waals surface area contributed by atoms with E-state index in [0.717, 1.165) is 25.9 Å². The van der Waals surface area contributed by atoms with E-state index in [1.165, 1.54) is 0 Å². The maximum Gasteiger partial charge on any atom is 0.251 e. The Morgan fingerprint density at radius 1 is 1.44 bits per heavy atom. The van der Waals surface area contributed by atoms with E-state index in [2.05, 4.69) is 17.2 Å². The number of hydrogen-bond acceptors (Lipinski definition) is 4. The molecule has 0 spiro atoms. The highest BCUT2D eigenvalue weighted by Crippen LogP contribution is 2.07. The first-order chi connectivity index (χ1) is 7.71. The molecule has 0 saturated heterocycles. The van der Waals surface area contributed by atoms with Crippen LogP contribution in [0.4, 0.5) is 0 Å². The van der Waals surface area contributed by atoms with E-state index in [0.29, 0.717) is 13.2 Å². The fourth-order valence-electron chi connectivity index (χ4n) is 1.71. The molecule has 1 unspecified atom stereocenters. The van der Waals surface area contributed by atoms with Crippen molar-refractivity contribution in [1.29, 1.82) is 0 Å². The van der Waals surface area contributed by atoms with Gasteiger partial charge in [0, 0.05) is 13.2 Å². The summed E-state index contributed by atoms with van der Waals surface area (Å²) < 4.78 is 5.30. The summed E-state index contributed by atoms with van der Waals surface area (Å²) in [7, 11) is 0. The van der Waals surface area contributed by atoms with Crippen LogP contribution >= 0.6 is 0 Å². The van der Waals surface area contributed by atoms with Crippen molar-refractivity contribution in [2.75, 3.05) is 26.3 Å². The molecule has 5 nitrogen and oxygen atoms in total. The first kappa shape index (κ1) is 15.3. The molecule has 0 aromatic carbocycles. The third kappa shape index (κ3) is 5.44. The lowest BCUT2D eigenvalue weighted by molar-refractivity contribution is -0.127. The van der Waals surface area contributed by atoms with Crippen LogP contribution in [0, 0.1) is 0 Å². The monoisotopic (exact) mass is 231 g/mol. The van der Waals surface area contributed by atoms with Gasteiger partial charge in [-0.25, -0.2) is 5.84 Å². The minimum Gasteiger partial charge on any atom is -0.380 e. The fourth-order valence-corrected chi connectivity index (χ4v) is 1.71. The van der Waals surface area contributed by atoms with Crippen LogP contribution < -0.4 is 11.3 Å². The molecule has 3 N–H and O–H groups in total. The van der Waals surface area contributed by atoms with E-state index in [1.807, 2.05) is 13.8 Å². The van der Waals surface area contributed by atoms with Crippen molar-refractivity contribution < 1.29 is 9.53 Å². The summed E-state index contributed by atoms with van der Waals surface area (Å²) in [6.45, 7) is 9.02. The molecule has 0 saturated carbocycles. The molecule has 1 atom stereocenters. The molecule has 16 heavy (non-hydrogen) atoms. The van der Waals surface area contributed by atoms with Crippen LogP contribution in [0.15, 0.2) is 0 Å². The number of carbonyl (C=O) groups excluding carboxylic acids is 1. The quantitative estimate of drug-likeness (QED) is 0.262. The third-order valence-corrected chi connectivity index (χ3v) is 2.58. The van der Waals surface area contributed by atoms with Gasteiger partial charge in [-0.3, -0.25) is 15.1 Å². The predicted octanol–water partition coefficient (Wildman–Crippen LogP) is 0.503. The molecule has 0 aliphatic heterocycles. The summed E-state index contributed by atoms with van der Waals surface area (Å²) in [5.74, 6) is 5.08. The van der Waals surface area contributed by atoms with Crippen LogP contribution in [-0.4, -0.2) is 43.2 Å². The Morgan fingerprint density at radius 2 is 2.12 bits per heavy atom. The zero-order chi connectivity index (χ0) is 12.4. The highest BCUT2D eigenvalue weighted by atomic mass is 16.5. The number of rotatable bonds is 9. The van der Waals surface area contributed by atoms with Crippen LogP contribution in [0.2, 0.25) is 0 Å². The summed E-state index contributed by atoms with van der Waals surface area (Å²) in [4.78, 5) is 13.7. The fraction of sp³-hybridized carbons (Fsp3) is 0.909. The summed E-state index contributed by atoms with van der Waals surface area (Å²) in [6, 6.07) is -0.138. The van der Waals surface area contributed by atoms with Gasteiger partial charge in [-0.1, -0.05) is 20.3 Å².